The lowest BCUT2D eigenvalue weighted by Crippen LogP contribution is -2.46. The zero-order valence-electron chi connectivity index (χ0n) is 14.7. The first-order valence-corrected chi connectivity index (χ1v) is 9.60. The summed E-state index contributed by atoms with van der Waals surface area (Å²) in [5.74, 6) is 1.13. The summed E-state index contributed by atoms with van der Waals surface area (Å²) in [6, 6.07) is 5.24. The van der Waals surface area contributed by atoms with Crippen molar-refractivity contribution in [3.63, 3.8) is 0 Å². The number of rotatable bonds is 7. The summed E-state index contributed by atoms with van der Waals surface area (Å²) < 4.78 is 5.75. The van der Waals surface area contributed by atoms with Crippen LogP contribution >= 0.6 is 0 Å². The summed E-state index contributed by atoms with van der Waals surface area (Å²) in [6.07, 6.45) is 9.68. The minimum atomic E-state index is 0.402. The van der Waals surface area contributed by atoms with Crippen molar-refractivity contribution in [2.75, 3.05) is 39.3 Å². The maximum atomic E-state index is 5.75. The smallest absolute Gasteiger partial charge is 0.122 e. The van der Waals surface area contributed by atoms with Gasteiger partial charge in [0, 0.05) is 12.6 Å². The van der Waals surface area contributed by atoms with Crippen LogP contribution in [0.5, 0.6) is 0 Å². The van der Waals surface area contributed by atoms with Crippen molar-refractivity contribution in [3.05, 3.63) is 24.2 Å². The van der Waals surface area contributed by atoms with Gasteiger partial charge in [-0.15, -0.1) is 0 Å². The Morgan fingerprint density at radius 2 is 1.96 bits per heavy atom. The lowest BCUT2D eigenvalue weighted by Gasteiger charge is -2.36. The average Bonchev–Trinajstić information content (AvgIpc) is 3.12. The highest BCUT2D eigenvalue weighted by Gasteiger charge is 2.26. The zero-order chi connectivity index (χ0) is 15.9. The lowest BCUT2D eigenvalue weighted by atomic mass is 10.0. The van der Waals surface area contributed by atoms with E-state index in [0.29, 0.717) is 12.1 Å². The molecule has 23 heavy (non-hydrogen) atoms. The molecule has 130 valence electrons. The summed E-state index contributed by atoms with van der Waals surface area (Å²) >= 11 is 0. The van der Waals surface area contributed by atoms with Gasteiger partial charge < -0.3 is 14.6 Å². The predicted octanol–water partition coefficient (Wildman–Crippen LogP) is 3.27. The third-order valence-electron chi connectivity index (χ3n) is 5.43. The van der Waals surface area contributed by atoms with Crippen LogP contribution in [-0.4, -0.2) is 55.1 Å². The van der Waals surface area contributed by atoms with Gasteiger partial charge in [0.1, 0.15) is 5.76 Å². The zero-order valence-corrected chi connectivity index (χ0v) is 14.7. The summed E-state index contributed by atoms with van der Waals surface area (Å²) in [4.78, 5) is 5.22. The molecule has 3 heterocycles. The summed E-state index contributed by atoms with van der Waals surface area (Å²) in [5.41, 5.74) is 0. The Kier molecular flexibility index (Phi) is 6.55. The normalized spacial score (nSPS) is 23.2. The van der Waals surface area contributed by atoms with E-state index in [9.17, 15) is 0 Å². The molecule has 0 spiro atoms. The van der Waals surface area contributed by atoms with Crippen LogP contribution in [0.1, 0.15) is 57.3 Å². The number of hydrogen-bond donors (Lipinski definition) is 1. The van der Waals surface area contributed by atoms with Crippen LogP contribution in [0.3, 0.4) is 0 Å². The van der Waals surface area contributed by atoms with Crippen LogP contribution in [-0.2, 0) is 0 Å². The number of furan rings is 1. The van der Waals surface area contributed by atoms with Crippen molar-refractivity contribution >= 4 is 0 Å². The summed E-state index contributed by atoms with van der Waals surface area (Å²) in [6.45, 7) is 9.48. The van der Waals surface area contributed by atoms with Crippen molar-refractivity contribution < 1.29 is 4.42 Å². The fourth-order valence-electron chi connectivity index (χ4n) is 4.08. The molecule has 2 aliphatic rings. The van der Waals surface area contributed by atoms with E-state index in [1.807, 2.05) is 12.3 Å². The number of likely N-dealkylation sites (tertiary alicyclic amines) is 2. The molecule has 1 N–H and O–H groups in total. The van der Waals surface area contributed by atoms with E-state index in [2.05, 4.69) is 28.1 Å². The molecule has 0 bridgehead atoms. The molecule has 0 aromatic carbocycles. The monoisotopic (exact) mass is 319 g/mol. The maximum absolute atomic E-state index is 5.75. The molecule has 2 saturated heterocycles. The Hall–Kier alpha value is -0.840. The Labute approximate surface area is 141 Å². The number of hydrogen-bond acceptors (Lipinski definition) is 4. The van der Waals surface area contributed by atoms with Gasteiger partial charge >= 0.3 is 0 Å². The van der Waals surface area contributed by atoms with Crippen molar-refractivity contribution in [2.24, 2.45) is 0 Å². The number of nitrogens with zero attached hydrogens (tertiary/aromatic N) is 2. The van der Waals surface area contributed by atoms with E-state index in [0.717, 1.165) is 12.3 Å². The van der Waals surface area contributed by atoms with Gasteiger partial charge in [0.25, 0.3) is 0 Å². The molecule has 1 aromatic rings. The highest BCUT2D eigenvalue weighted by atomic mass is 16.3. The minimum absolute atomic E-state index is 0.402. The first-order valence-electron chi connectivity index (χ1n) is 9.60. The van der Waals surface area contributed by atoms with Gasteiger partial charge in [-0.05, 0) is 77.0 Å². The van der Waals surface area contributed by atoms with E-state index >= 15 is 0 Å². The van der Waals surface area contributed by atoms with Gasteiger partial charge in [-0.3, -0.25) is 4.90 Å². The Bertz CT molecular complexity index is 420. The van der Waals surface area contributed by atoms with Gasteiger partial charge in [0.05, 0.1) is 12.3 Å². The molecule has 4 heteroatoms. The minimum Gasteiger partial charge on any atom is -0.468 e. The van der Waals surface area contributed by atoms with Gasteiger partial charge in [0.15, 0.2) is 0 Å². The second-order valence-corrected chi connectivity index (χ2v) is 7.15. The molecular weight excluding hydrogens is 286 g/mol. The second kappa shape index (κ2) is 8.86. The summed E-state index contributed by atoms with van der Waals surface area (Å²) in [5, 5.41) is 3.84. The van der Waals surface area contributed by atoms with Crippen LogP contribution in [0.15, 0.2) is 22.8 Å². The molecule has 0 radical (unpaired) electrons. The van der Waals surface area contributed by atoms with Gasteiger partial charge in [-0.2, -0.15) is 0 Å². The van der Waals surface area contributed by atoms with Crippen molar-refractivity contribution in [1.82, 2.24) is 15.1 Å². The van der Waals surface area contributed by atoms with E-state index in [4.69, 9.17) is 4.42 Å². The third-order valence-corrected chi connectivity index (χ3v) is 5.43. The van der Waals surface area contributed by atoms with Gasteiger partial charge in [-0.25, -0.2) is 0 Å². The molecule has 2 aliphatic heterocycles. The first-order chi connectivity index (χ1) is 11.4. The van der Waals surface area contributed by atoms with E-state index < -0.39 is 0 Å². The standard InChI is InChI=1S/C19H33N3O/c1-2-10-21-13-8-17(9-14-21)20-16-18(19-7-6-15-23-19)22-11-4-3-5-12-22/h6-7,15,17-18,20H,2-5,8-14,16H2,1H3. The molecule has 0 saturated carbocycles. The van der Waals surface area contributed by atoms with Crippen molar-refractivity contribution in [1.29, 1.82) is 0 Å². The molecule has 1 atom stereocenters. The van der Waals surface area contributed by atoms with E-state index in [1.54, 1.807) is 0 Å². The summed E-state index contributed by atoms with van der Waals surface area (Å²) in [7, 11) is 0. The van der Waals surface area contributed by atoms with Crippen LogP contribution in [0.2, 0.25) is 0 Å². The quantitative estimate of drug-likeness (QED) is 0.836. The molecule has 1 unspecified atom stereocenters. The molecule has 1 aromatic heterocycles. The average molecular weight is 319 g/mol. The maximum Gasteiger partial charge on any atom is 0.122 e. The fraction of sp³-hybridized carbons (Fsp3) is 0.789. The third kappa shape index (κ3) is 4.82. The fourth-order valence-corrected chi connectivity index (χ4v) is 4.08. The Morgan fingerprint density at radius 3 is 2.61 bits per heavy atom. The Balaban J connectivity index is 1.51. The van der Waals surface area contributed by atoms with Crippen molar-refractivity contribution in [2.45, 2.75) is 57.5 Å². The number of nitrogens with one attached hydrogen (secondary N) is 1. The molecular formula is C19H33N3O. The van der Waals surface area contributed by atoms with E-state index in [1.165, 1.54) is 71.2 Å². The Morgan fingerprint density at radius 1 is 1.17 bits per heavy atom. The topological polar surface area (TPSA) is 31.6 Å². The molecule has 0 amide bonds. The van der Waals surface area contributed by atoms with Gasteiger partial charge in [-0.1, -0.05) is 13.3 Å². The molecule has 4 nitrogen and oxygen atoms in total. The second-order valence-electron chi connectivity index (χ2n) is 7.15. The highest BCUT2D eigenvalue weighted by Crippen LogP contribution is 2.25. The van der Waals surface area contributed by atoms with Gasteiger partial charge in [0.2, 0.25) is 0 Å². The molecule has 2 fully saturated rings. The number of piperidine rings is 2. The molecule has 3 rings (SSSR count). The van der Waals surface area contributed by atoms with Crippen LogP contribution in [0.25, 0.3) is 0 Å². The molecule has 0 aliphatic carbocycles. The SMILES string of the molecule is CCCN1CCC(NCC(c2ccco2)N2CCCCC2)CC1. The highest BCUT2D eigenvalue weighted by molar-refractivity contribution is 5.06. The van der Waals surface area contributed by atoms with Crippen molar-refractivity contribution in [3.8, 4) is 0 Å². The first kappa shape index (κ1) is 17.0. The largest absolute Gasteiger partial charge is 0.468 e. The van der Waals surface area contributed by atoms with Crippen LogP contribution in [0, 0.1) is 0 Å². The van der Waals surface area contributed by atoms with Crippen LogP contribution < -0.4 is 5.32 Å². The predicted molar refractivity (Wildman–Crippen MR) is 94.6 cm³/mol. The van der Waals surface area contributed by atoms with E-state index in [-0.39, 0.29) is 0 Å². The van der Waals surface area contributed by atoms with Crippen LogP contribution in [0.4, 0.5) is 0 Å². The lowest BCUT2D eigenvalue weighted by molar-refractivity contribution is 0.132.